The van der Waals surface area contributed by atoms with Gasteiger partial charge in [-0.25, -0.2) is 4.79 Å². The van der Waals surface area contributed by atoms with Gasteiger partial charge >= 0.3 is 12.1 Å². The van der Waals surface area contributed by atoms with E-state index >= 15 is 0 Å². The van der Waals surface area contributed by atoms with Crippen LogP contribution in [0.2, 0.25) is 0 Å². The molecule has 1 saturated heterocycles. The number of carboxylic acid groups (broad SMARTS) is 1. The number of hydrogen-bond donors (Lipinski definition) is 3. The average molecular weight is 700 g/mol. The molecule has 3 N–H and O–H groups in total. The van der Waals surface area contributed by atoms with Crippen LogP contribution in [0.4, 0.5) is 4.79 Å². The third-order valence-electron chi connectivity index (χ3n) is 7.17. The molecule has 1 aromatic rings. The zero-order chi connectivity index (χ0) is 38.6. The lowest BCUT2D eigenvalue weighted by Crippen LogP contribution is -2.51. The number of amides is 1. The van der Waals surface area contributed by atoms with Crippen molar-refractivity contribution in [2.75, 3.05) is 27.4 Å². The predicted octanol–water partition coefficient (Wildman–Crippen LogP) is 7.83. The molecule has 1 aromatic carbocycles. The fraction of sp³-hybridized carbons (Fsp3) is 0.763. The molecule has 0 radical (unpaired) electrons. The molecular formula is C38H69NO10. The number of ether oxygens (including phenoxy) is 5. The highest BCUT2D eigenvalue weighted by atomic mass is 16.7. The highest BCUT2D eigenvalue weighted by Gasteiger charge is 2.38. The van der Waals surface area contributed by atoms with Crippen LogP contribution in [-0.4, -0.2) is 78.5 Å². The number of nitrogens with one attached hydrogen (secondary N) is 1. The maximum absolute atomic E-state index is 12.5. The van der Waals surface area contributed by atoms with Crippen LogP contribution in [0.25, 0.3) is 0 Å². The van der Waals surface area contributed by atoms with E-state index in [1.807, 2.05) is 40.7 Å². The molecule has 11 heteroatoms. The Kier molecular flexibility index (Phi) is 22.9. The van der Waals surface area contributed by atoms with Crippen LogP contribution in [0.5, 0.6) is 11.5 Å². The van der Waals surface area contributed by atoms with Crippen LogP contribution in [0.15, 0.2) is 18.2 Å². The lowest BCUT2D eigenvalue weighted by Gasteiger charge is -2.37. The van der Waals surface area contributed by atoms with E-state index < -0.39 is 17.4 Å². The third kappa shape index (κ3) is 23.9. The van der Waals surface area contributed by atoms with Gasteiger partial charge in [0.15, 0.2) is 11.5 Å². The second-order valence-corrected chi connectivity index (χ2v) is 14.8. The summed E-state index contributed by atoms with van der Waals surface area (Å²) in [5, 5.41) is 21.4. The number of rotatable bonds is 12. The summed E-state index contributed by atoms with van der Waals surface area (Å²) in [7, 11) is 3.34. The lowest BCUT2D eigenvalue weighted by atomic mass is 9.78. The largest absolute Gasteiger partial charge is 0.506 e. The Bertz CT molecular complexity index is 1060. The number of carbonyl (C=O) groups is 3. The van der Waals surface area contributed by atoms with Gasteiger partial charge < -0.3 is 39.2 Å². The van der Waals surface area contributed by atoms with E-state index in [9.17, 15) is 19.5 Å². The number of carbonyl (C=O) groups excluding carboxylic acids is 2. The van der Waals surface area contributed by atoms with Gasteiger partial charge in [0.1, 0.15) is 11.2 Å². The van der Waals surface area contributed by atoms with Crippen molar-refractivity contribution in [3.8, 4) is 11.5 Å². The number of benzene rings is 1. The van der Waals surface area contributed by atoms with Gasteiger partial charge in [-0.1, -0.05) is 33.8 Å². The molecule has 0 aromatic heterocycles. The summed E-state index contributed by atoms with van der Waals surface area (Å²) in [6.45, 7) is 25.1. The van der Waals surface area contributed by atoms with Gasteiger partial charge in [0, 0.05) is 33.1 Å². The summed E-state index contributed by atoms with van der Waals surface area (Å²) in [5.74, 6) is 1.83. The van der Waals surface area contributed by atoms with Gasteiger partial charge in [-0.05, 0) is 111 Å². The highest BCUT2D eigenvalue weighted by Crippen LogP contribution is 2.33. The monoisotopic (exact) mass is 699 g/mol. The quantitative estimate of drug-likeness (QED) is 0.145. The van der Waals surface area contributed by atoms with Gasteiger partial charge in [0.25, 0.3) is 0 Å². The van der Waals surface area contributed by atoms with Crippen molar-refractivity contribution in [2.45, 2.75) is 145 Å². The van der Waals surface area contributed by atoms with Gasteiger partial charge in [-0.3, -0.25) is 9.59 Å². The Morgan fingerprint density at radius 1 is 0.918 bits per heavy atom. The molecule has 2 rings (SSSR count). The first kappa shape index (κ1) is 48.1. The fourth-order valence-electron chi connectivity index (χ4n) is 5.02. The normalized spacial score (nSPS) is 16.6. The zero-order valence-electron chi connectivity index (χ0n) is 33.2. The molecule has 1 heterocycles. The average Bonchev–Trinajstić information content (AvgIpc) is 2.93. The SMILES string of the molecule is CC.CC(=O)OC(C)(C)C.CC(C)(C)OC(=O)O.COCCCOc1cc(CC(C[C@H]2CCC(C(C)(C)O)C(=O)N2)C(C)C)ccc1OC. The van der Waals surface area contributed by atoms with Crippen LogP contribution in [0, 0.1) is 17.8 Å². The fourth-order valence-corrected chi connectivity index (χ4v) is 5.02. The minimum absolute atomic E-state index is 0.0255. The van der Waals surface area contributed by atoms with E-state index in [1.165, 1.54) is 12.5 Å². The van der Waals surface area contributed by atoms with Crippen molar-refractivity contribution in [1.29, 1.82) is 0 Å². The second-order valence-electron chi connectivity index (χ2n) is 14.8. The van der Waals surface area contributed by atoms with Crippen molar-refractivity contribution >= 4 is 18.0 Å². The Morgan fingerprint density at radius 3 is 1.86 bits per heavy atom. The first-order chi connectivity index (χ1) is 22.5. The molecule has 0 bridgehead atoms. The molecule has 49 heavy (non-hydrogen) atoms. The van der Waals surface area contributed by atoms with Crippen molar-refractivity contribution in [2.24, 2.45) is 17.8 Å². The van der Waals surface area contributed by atoms with E-state index in [-0.39, 0.29) is 29.4 Å². The molecular weight excluding hydrogens is 630 g/mol. The summed E-state index contributed by atoms with van der Waals surface area (Å²) in [6.07, 6.45) is 3.07. The second kappa shape index (κ2) is 23.4. The Hall–Kier alpha value is -3.05. The highest BCUT2D eigenvalue weighted by molar-refractivity contribution is 5.80. The molecule has 2 unspecified atom stereocenters. The third-order valence-corrected chi connectivity index (χ3v) is 7.17. The molecule has 3 atom stereocenters. The summed E-state index contributed by atoms with van der Waals surface area (Å²) >= 11 is 0. The topological polar surface area (TPSA) is 150 Å². The number of esters is 1. The number of hydrogen-bond acceptors (Lipinski definition) is 9. The molecule has 0 saturated carbocycles. The predicted molar refractivity (Wildman–Crippen MR) is 194 cm³/mol. The molecule has 0 aliphatic carbocycles. The van der Waals surface area contributed by atoms with E-state index in [0.717, 1.165) is 43.6 Å². The minimum Gasteiger partial charge on any atom is -0.493 e. The number of aliphatic hydroxyl groups is 1. The van der Waals surface area contributed by atoms with Gasteiger partial charge in [-0.2, -0.15) is 0 Å². The summed E-state index contributed by atoms with van der Waals surface area (Å²) < 4.78 is 25.6. The first-order valence-corrected chi connectivity index (χ1v) is 17.4. The van der Waals surface area contributed by atoms with Crippen LogP contribution in [0.1, 0.15) is 121 Å². The minimum atomic E-state index is -1.22. The standard InChI is InChI=1S/C25H41NO5.C6H12O2.C5H10O3.C2H6/c1-17(2)19(16-20-9-10-21(24(27)26-20)25(3,4)28)14-18-8-11-22(30-6)23(15-18)31-13-7-12-29-5;1-5(7)8-6(2,3)4;1-5(2,3)8-4(6)7;1-2/h8,11,15,17,19-21,28H,7,9-10,12-14,16H2,1-6H3,(H,26,27);1-4H3;1-3H3,(H,6,7);1-2H3/t19?,20-,21?;;;/m1.../s1. The Labute approximate surface area is 296 Å². The lowest BCUT2D eigenvalue weighted by molar-refractivity contribution is -0.152. The van der Waals surface area contributed by atoms with E-state index in [2.05, 4.69) is 36.0 Å². The molecule has 1 amide bonds. The molecule has 1 aliphatic heterocycles. The first-order valence-electron chi connectivity index (χ1n) is 17.4. The number of methoxy groups -OCH3 is 2. The Balaban J connectivity index is 0. The molecule has 286 valence electrons. The van der Waals surface area contributed by atoms with Crippen LogP contribution >= 0.6 is 0 Å². The zero-order valence-corrected chi connectivity index (χ0v) is 33.2. The van der Waals surface area contributed by atoms with Crippen LogP contribution < -0.4 is 14.8 Å². The van der Waals surface area contributed by atoms with Gasteiger partial charge in [0.05, 0.1) is 25.2 Å². The maximum Gasteiger partial charge on any atom is 0.506 e. The van der Waals surface area contributed by atoms with Gasteiger partial charge in [-0.15, -0.1) is 0 Å². The summed E-state index contributed by atoms with van der Waals surface area (Å²) in [4.78, 5) is 32.5. The smallest absolute Gasteiger partial charge is 0.493 e. The molecule has 0 spiro atoms. The van der Waals surface area contributed by atoms with Crippen molar-refractivity contribution in [1.82, 2.24) is 5.32 Å². The summed E-state index contributed by atoms with van der Waals surface area (Å²) in [5.41, 5.74) is -0.676. The Morgan fingerprint density at radius 2 is 1.49 bits per heavy atom. The van der Waals surface area contributed by atoms with Gasteiger partial charge in [0.2, 0.25) is 5.91 Å². The van der Waals surface area contributed by atoms with E-state index in [4.69, 9.17) is 24.1 Å². The van der Waals surface area contributed by atoms with E-state index in [0.29, 0.717) is 25.0 Å². The summed E-state index contributed by atoms with van der Waals surface area (Å²) in [6, 6.07) is 6.29. The van der Waals surface area contributed by atoms with Crippen LogP contribution in [-0.2, 0) is 30.2 Å². The van der Waals surface area contributed by atoms with Crippen molar-refractivity contribution < 1.29 is 48.3 Å². The maximum atomic E-state index is 12.5. The molecule has 1 aliphatic rings. The molecule has 11 nitrogen and oxygen atoms in total. The van der Waals surface area contributed by atoms with Crippen molar-refractivity contribution in [3.05, 3.63) is 23.8 Å². The van der Waals surface area contributed by atoms with Crippen LogP contribution in [0.3, 0.4) is 0 Å². The van der Waals surface area contributed by atoms with Crippen molar-refractivity contribution in [3.63, 3.8) is 0 Å². The number of piperidine rings is 1. The van der Waals surface area contributed by atoms with E-state index in [1.54, 1.807) is 48.8 Å². The molecule has 1 fully saturated rings.